The summed E-state index contributed by atoms with van der Waals surface area (Å²) in [6, 6.07) is 18.0. The number of benzene rings is 2. The van der Waals surface area contributed by atoms with Crippen LogP contribution in [-0.2, 0) is 6.54 Å². The van der Waals surface area contributed by atoms with E-state index in [0.29, 0.717) is 6.54 Å². The summed E-state index contributed by atoms with van der Waals surface area (Å²) in [4.78, 5) is 9.25. The second-order valence-corrected chi connectivity index (χ2v) is 5.63. The van der Waals surface area contributed by atoms with Crippen molar-refractivity contribution in [2.45, 2.75) is 13.5 Å². The van der Waals surface area contributed by atoms with E-state index in [2.05, 4.69) is 20.4 Å². The maximum Gasteiger partial charge on any atom is 0.148 e. The van der Waals surface area contributed by atoms with E-state index in [-0.39, 0.29) is 0 Å². The molecular formula is C19H17N5. The van der Waals surface area contributed by atoms with Gasteiger partial charge in [-0.1, -0.05) is 30.3 Å². The molecule has 118 valence electrons. The topological polar surface area (TPSA) is 55.6 Å². The number of nitrogens with one attached hydrogen (secondary N) is 1. The summed E-state index contributed by atoms with van der Waals surface area (Å²) in [6.07, 6.45) is 3.88. The minimum Gasteiger partial charge on any atom is -0.364 e. The lowest BCUT2D eigenvalue weighted by molar-refractivity contribution is 0.880. The van der Waals surface area contributed by atoms with Gasteiger partial charge in [0.15, 0.2) is 0 Å². The van der Waals surface area contributed by atoms with E-state index in [4.69, 9.17) is 0 Å². The van der Waals surface area contributed by atoms with E-state index in [1.165, 1.54) is 0 Å². The summed E-state index contributed by atoms with van der Waals surface area (Å²) in [6.45, 7) is 2.62. The molecular weight excluding hydrogens is 298 g/mol. The van der Waals surface area contributed by atoms with Crippen molar-refractivity contribution in [3.05, 3.63) is 78.2 Å². The highest BCUT2D eigenvalue weighted by Gasteiger charge is 2.06. The van der Waals surface area contributed by atoms with Crippen LogP contribution in [0.1, 0.15) is 11.3 Å². The molecule has 4 rings (SSSR count). The van der Waals surface area contributed by atoms with Crippen molar-refractivity contribution in [3.8, 4) is 5.69 Å². The quantitative estimate of drug-likeness (QED) is 0.623. The molecule has 5 nitrogen and oxygen atoms in total. The van der Waals surface area contributed by atoms with E-state index >= 15 is 0 Å². The van der Waals surface area contributed by atoms with Crippen molar-refractivity contribution >= 4 is 16.9 Å². The van der Waals surface area contributed by atoms with Crippen molar-refractivity contribution in [2.24, 2.45) is 0 Å². The summed E-state index contributed by atoms with van der Waals surface area (Å²) >= 11 is 0. The molecule has 0 saturated heterocycles. The Balaban J connectivity index is 1.53. The number of rotatable bonds is 4. The molecule has 2 aromatic carbocycles. The lowest BCUT2D eigenvalue weighted by Gasteiger charge is -2.08. The lowest BCUT2D eigenvalue weighted by Crippen LogP contribution is -2.04. The first-order chi connectivity index (χ1) is 11.8. The number of hydrogen-bond donors (Lipinski definition) is 1. The van der Waals surface area contributed by atoms with Gasteiger partial charge in [-0.25, -0.2) is 14.6 Å². The van der Waals surface area contributed by atoms with Crippen LogP contribution in [0.4, 0.5) is 5.82 Å². The molecule has 0 bridgehead atoms. The molecule has 1 N–H and O–H groups in total. The number of nitrogens with zero attached hydrogens (tertiary/aromatic N) is 4. The molecule has 2 heterocycles. The molecule has 5 heteroatoms. The highest BCUT2D eigenvalue weighted by atomic mass is 15.3. The van der Waals surface area contributed by atoms with Crippen molar-refractivity contribution in [1.29, 1.82) is 0 Å². The normalized spacial score (nSPS) is 10.9. The molecule has 4 aromatic rings. The Morgan fingerprint density at radius 3 is 2.42 bits per heavy atom. The molecule has 0 aliphatic rings. The van der Waals surface area contributed by atoms with E-state index < -0.39 is 0 Å². The van der Waals surface area contributed by atoms with E-state index in [1.807, 2.05) is 78.6 Å². The van der Waals surface area contributed by atoms with Gasteiger partial charge in [0, 0.05) is 18.3 Å². The second-order valence-electron chi connectivity index (χ2n) is 5.63. The van der Waals surface area contributed by atoms with Gasteiger partial charge in [-0.15, -0.1) is 0 Å². The van der Waals surface area contributed by atoms with Crippen LogP contribution in [0.5, 0.6) is 0 Å². The van der Waals surface area contributed by atoms with Crippen molar-refractivity contribution in [3.63, 3.8) is 0 Å². The van der Waals surface area contributed by atoms with E-state index in [1.54, 1.807) is 0 Å². The average Bonchev–Trinajstić information content (AvgIpc) is 3.10. The van der Waals surface area contributed by atoms with Crippen LogP contribution < -0.4 is 5.32 Å². The summed E-state index contributed by atoms with van der Waals surface area (Å²) in [5.41, 5.74) is 4.84. The van der Waals surface area contributed by atoms with Gasteiger partial charge in [0.2, 0.25) is 0 Å². The minimum absolute atomic E-state index is 0.653. The average molecular weight is 315 g/mol. The monoisotopic (exact) mass is 315 g/mol. The fourth-order valence-corrected chi connectivity index (χ4v) is 2.61. The second kappa shape index (κ2) is 6.12. The SMILES string of the molecule is Cc1nc2ccccc2nc1NCc1cnn(-c2ccccc2)c1. The summed E-state index contributed by atoms with van der Waals surface area (Å²) in [5, 5.41) is 7.77. The third kappa shape index (κ3) is 2.84. The van der Waals surface area contributed by atoms with Gasteiger partial charge in [-0.05, 0) is 31.2 Å². The van der Waals surface area contributed by atoms with E-state index in [9.17, 15) is 0 Å². The maximum atomic E-state index is 4.65. The Hall–Kier alpha value is -3.21. The third-order valence-electron chi connectivity index (χ3n) is 3.86. The zero-order chi connectivity index (χ0) is 16.4. The first-order valence-electron chi connectivity index (χ1n) is 7.86. The first-order valence-corrected chi connectivity index (χ1v) is 7.86. The van der Waals surface area contributed by atoms with Crippen molar-refractivity contribution in [2.75, 3.05) is 5.32 Å². The van der Waals surface area contributed by atoms with Crippen LogP contribution in [0.3, 0.4) is 0 Å². The largest absolute Gasteiger partial charge is 0.364 e. The predicted octanol–water partition coefficient (Wildman–Crippen LogP) is 3.74. The van der Waals surface area contributed by atoms with Crippen LogP contribution in [0.15, 0.2) is 67.0 Å². The van der Waals surface area contributed by atoms with Gasteiger partial charge in [0.05, 0.1) is 28.6 Å². The standard InChI is InChI=1S/C19H17N5/c1-14-19(23-18-10-6-5-9-17(18)22-14)20-11-15-12-21-24(13-15)16-7-3-2-4-8-16/h2-10,12-13H,11H2,1H3,(H,20,23). The molecule has 2 aromatic heterocycles. The number of fused-ring (bicyclic) bond motifs is 1. The van der Waals surface area contributed by atoms with Crippen LogP contribution in [0, 0.1) is 6.92 Å². The number of aryl methyl sites for hydroxylation is 1. The zero-order valence-corrected chi connectivity index (χ0v) is 13.3. The predicted molar refractivity (Wildman–Crippen MR) is 95.2 cm³/mol. The molecule has 0 aliphatic heterocycles. The van der Waals surface area contributed by atoms with Crippen LogP contribution in [0.2, 0.25) is 0 Å². The zero-order valence-electron chi connectivity index (χ0n) is 13.3. The van der Waals surface area contributed by atoms with Gasteiger partial charge in [-0.3, -0.25) is 0 Å². The summed E-state index contributed by atoms with van der Waals surface area (Å²) < 4.78 is 1.87. The molecule has 0 spiro atoms. The van der Waals surface area contributed by atoms with Crippen LogP contribution in [-0.4, -0.2) is 19.7 Å². The fourth-order valence-electron chi connectivity index (χ4n) is 2.61. The maximum absolute atomic E-state index is 4.65. The first kappa shape index (κ1) is 14.4. The number of anilines is 1. The number of para-hydroxylation sites is 3. The van der Waals surface area contributed by atoms with Crippen LogP contribution in [0.25, 0.3) is 16.7 Å². The molecule has 0 unspecified atom stereocenters. The molecule has 0 radical (unpaired) electrons. The van der Waals surface area contributed by atoms with Gasteiger partial charge in [-0.2, -0.15) is 5.10 Å². The Kier molecular flexibility index (Phi) is 3.67. The van der Waals surface area contributed by atoms with Gasteiger partial charge < -0.3 is 5.32 Å². The Morgan fingerprint density at radius 2 is 1.62 bits per heavy atom. The molecule has 0 atom stereocenters. The lowest BCUT2D eigenvalue weighted by atomic mass is 10.3. The Bertz CT molecular complexity index is 975. The molecule has 0 amide bonds. The smallest absolute Gasteiger partial charge is 0.148 e. The number of aromatic nitrogens is 4. The van der Waals surface area contributed by atoms with Gasteiger partial charge in [0.1, 0.15) is 5.82 Å². The highest BCUT2D eigenvalue weighted by Crippen LogP contribution is 2.17. The summed E-state index contributed by atoms with van der Waals surface area (Å²) in [7, 11) is 0. The van der Waals surface area contributed by atoms with Gasteiger partial charge >= 0.3 is 0 Å². The van der Waals surface area contributed by atoms with E-state index in [0.717, 1.165) is 33.8 Å². The molecule has 0 aliphatic carbocycles. The Morgan fingerprint density at radius 1 is 0.917 bits per heavy atom. The highest BCUT2D eigenvalue weighted by molar-refractivity contribution is 5.76. The third-order valence-corrected chi connectivity index (χ3v) is 3.86. The van der Waals surface area contributed by atoms with Crippen molar-refractivity contribution < 1.29 is 0 Å². The molecule has 0 fully saturated rings. The van der Waals surface area contributed by atoms with Gasteiger partial charge in [0.25, 0.3) is 0 Å². The van der Waals surface area contributed by atoms with Crippen molar-refractivity contribution in [1.82, 2.24) is 19.7 Å². The number of hydrogen-bond acceptors (Lipinski definition) is 4. The van der Waals surface area contributed by atoms with Crippen LogP contribution >= 0.6 is 0 Å². The summed E-state index contributed by atoms with van der Waals surface area (Å²) in [5.74, 6) is 0.807. The molecule has 0 saturated carbocycles. The minimum atomic E-state index is 0.653. The Labute approximate surface area is 140 Å². The fraction of sp³-hybridized carbons (Fsp3) is 0.105. The molecule has 24 heavy (non-hydrogen) atoms.